The molecule has 2 aromatic carbocycles. The molecule has 1 heterocycles. The summed E-state index contributed by atoms with van der Waals surface area (Å²) >= 11 is 5.52. The lowest BCUT2D eigenvalue weighted by atomic mass is 10.1. The molecular weight excluding hydrogens is 280 g/mol. The van der Waals surface area contributed by atoms with Crippen LogP contribution < -0.4 is 4.74 Å². The first-order chi connectivity index (χ1) is 10.1. The first kappa shape index (κ1) is 13.9. The monoisotopic (exact) mass is 298 g/mol. The molecule has 3 aromatic rings. The lowest BCUT2D eigenvalue weighted by Crippen LogP contribution is -1.96. The molecule has 0 saturated heterocycles. The number of aromatic nitrogens is 2. The first-order valence-electron chi connectivity index (χ1n) is 7.05. The topological polar surface area (TPSA) is 29.9 Å². The van der Waals surface area contributed by atoms with Crippen LogP contribution in [-0.4, -0.2) is 16.2 Å². The van der Waals surface area contributed by atoms with Crippen molar-refractivity contribution in [2.24, 2.45) is 0 Å². The number of nitrogens with zero attached hydrogens (tertiary/aromatic N) is 1. The van der Waals surface area contributed by atoms with Crippen molar-refractivity contribution in [3.8, 4) is 11.4 Å². The number of para-hydroxylation sites is 1. The molecule has 21 heavy (non-hydrogen) atoms. The maximum atomic E-state index is 5.68. The van der Waals surface area contributed by atoms with Crippen molar-refractivity contribution >= 4 is 23.3 Å². The summed E-state index contributed by atoms with van der Waals surface area (Å²) in [6.07, 6.45) is 0. The van der Waals surface area contributed by atoms with Gasteiger partial charge < -0.3 is 9.72 Å². The van der Waals surface area contributed by atoms with Gasteiger partial charge in [0.2, 0.25) is 0 Å². The summed E-state index contributed by atoms with van der Waals surface area (Å²) in [6.45, 7) is 6.81. The van der Waals surface area contributed by atoms with Gasteiger partial charge in [0.25, 0.3) is 0 Å². The second kappa shape index (κ2) is 5.37. The summed E-state index contributed by atoms with van der Waals surface area (Å²) in [4.78, 5) is 3.27. The number of benzene rings is 2. The van der Waals surface area contributed by atoms with Gasteiger partial charge in [-0.05, 0) is 68.4 Å². The molecule has 0 spiro atoms. The predicted octanol–water partition coefficient (Wildman–Crippen LogP) is 4.70. The molecule has 3 nitrogen and oxygen atoms in total. The van der Waals surface area contributed by atoms with E-state index in [4.69, 9.17) is 17.0 Å². The zero-order valence-electron chi connectivity index (χ0n) is 12.4. The molecular formula is C17H18N2OS. The van der Waals surface area contributed by atoms with E-state index in [1.54, 1.807) is 0 Å². The van der Waals surface area contributed by atoms with E-state index in [1.807, 2.05) is 19.1 Å². The van der Waals surface area contributed by atoms with Crippen LogP contribution in [0, 0.1) is 18.6 Å². The fraction of sp³-hybridized carbons (Fsp3) is 0.235. The van der Waals surface area contributed by atoms with E-state index in [9.17, 15) is 0 Å². The van der Waals surface area contributed by atoms with Gasteiger partial charge in [-0.1, -0.05) is 12.1 Å². The normalized spacial score (nSPS) is 11.0. The van der Waals surface area contributed by atoms with Gasteiger partial charge in [-0.15, -0.1) is 0 Å². The minimum atomic E-state index is 0.633. The van der Waals surface area contributed by atoms with Gasteiger partial charge in [-0.3, -0.25) is 4.57 Å². The molecule has 0 saturated carbocycles. The summed E-state index contributed by atoms with van der Waals surface area (Å²) < 4.78 is 8.43. The highest BCUT2D eigenvalue weighted by molar-refractivity contribution is 7.71. The summed E-state index contributed by atoms with van der Waals surface area (Å²) in [7, 11) is 0. The Morgan fingerprint density at radius 1 is 1.14 bits per heavy atom. The van der Waals surface area contributed by atoms with Crippen LogP contribution in [0.1, 0.15) is 18.1 Å². The molecule has 0 aliphatic carbocycles. The zero-order chi connectivity index (χ0) is 15.0. The Morgan fingerprint density at radius 3 is 2.52 bits per heavy atom. The molecule has 0 atom stereocenters. The van der Waals surface area contributed by atoms with Crippen LogP contribution in [0.2, 0.25) is 0 Å². The van der Waals surface area contributed by atoms with Gasteiger partial charge in [0, 0.05) is 5.69 Å². The van der Waals surface area contributed by atoms with Crippen LogP contribution in [0.15, 0.2) is 36.4 Å². The number of hydrogen-bond donors (Lipinski definition) is 1. The fourth-order valence-corrected chi connectivity index (χ4v) is 3.02. The Balaban J connectivity index is 2.30. The largest absolute Gasteiger partial charge is 0.492 e. The highest BCUT2D eigenvalue weighted by atomic mass is 32.1. The number of hydrogen-bond acceptors (Lipinski definition) is 2. The number of imidazole rings is 1. The standard InChI is InChI=1S/C17H18N2OS/c1-4-20-15-7-5-6-14-16(15)18-17(21)19(14)13-9-11(2)8-12(3)10-13/h5-10H,4H2,1-3H3,(H,18,21). The van der Waals surface area contributed by atoms with Crippen LogP contribution in [0.25, 0.3) is 16.7 Å². The van der Waals surface area contributed by atoms with Crippen LogP contribution in [0.4, 0.5) is 0 Å². The van der Waals surface area contributed by atoms with E-state index >= 15 is 0 Å². The maximum absolute atomic E-state index is 5.68. The molecule has 0 radical (unpaired) electrons. The first-order valence-corrected chi connectivity index (χ1v) is 7.46. The van der Waals surface area contributed by atoms with E-state index in [0.29, 0.717) is 11.4 Å². The van der Waals surface area contributed by atoms with Crippen molar-refractivity contribution in [1.82, 2.24) is 9.55 Å². The third-order valence-electron chi connectivity index (χ3n) is 3.44. The lowest BCUT2D eigenvalue weighted by Gasteiger charge is -2.08. The SMILES string of the molecule is CCOc1cccc2c1[nH]c(=S)n2-c1cc(C)cc(C)c1. The summed E-state index contributed by atoms with van der Waals surface area (Å²) in [5, 5.41) is 0. The molecule has 0 aliphatic rings. The Bertz CT molecular complexity index is 841. The molecule has 1 N–H and O–H groups in total. The summed E-state index contributed by atoms with van der Waals surface area (Å²) in [5.41, 5.74) is 5.52. The van der Waals surface area contributed by atoms with Crippen LogP contribution in [0.3, 0.4) is 0 Å². The minimum absolute atomic E-state index is 0.633. The minimum Gasteiger partial charge on any atom is -0.492 e. The van der Waals surface area contributed by atoms with Crippen LogP contribution in [-0.2, 0) is 0 Å². The zero-order valence-corrected chi connectivity index (χ0v) is 13.3. The molecule has 108 valence electrons. The Kier molecular flexibility index (Phi) is 3.55. The highest BCUT2D eigenvalue weighted by Crippen LogP contribution is 2.28. The smallest absolute Gasteiger partial charge is 0.182 e. The van der Waals surface area contributed by atoms with Gasteiger partial charge in [-0.25, -0.2) is 0 Å². The molecule has 1 aromatic heterocycles. The third-order valence-corrected chi connectivity index (χ3v) is 3.73. The Labute approximate surface area is 129 Å². The maximum Gasteiger partial charge on any atom is 0.182 e. The number of fused-ring (bicyclic) bond motifs is 1. The predicted molar refractivity (Wildman–Crippen MR) is 89.1 cm³/mol. The molecule has 0 bridgehead atoms. The summed E-state index contributed by atoms with van der Waals surface area (Å²) in [5.74, 6) is 0.837. The highest BCUT2D eigenvalue weighted by Gasteiger charge is 2.11. The van der Waals surface area contributed by atoms with Crippen molar-refractivity contribution in [2.45, 2.75) is 20.8 Å². The number of aromatic amines is 1. The van der Waals surface area contributed by atoms with Crippen LogP contribution >= 0.6 is 12.2 Å². The second-order valence-electron chi connectivity index (χ2n) is 5.19. The Morgan fingerprint density at radius 2 is 1.86 bits per heavy atom. The Hall–Kier alpha value is -2.07. The van der Waals surface area contributed by atoms with Gasteiger partial charge in [-0.2, -0.15) is 0 Å². The molecule has 0 unspecified atom stereocenters. The number of H-pyrrole nitrogens is 1. The molecule has 0 aliphatic heterocycles. The van der Waals surface area contributed by atoms with E-state index in [2.05, 4.69) is 47.7 Å². The van der Waals surface area contributed by atoms with Gasteiger partial charge in [0.05, 0.1) is 12.1 Å². The molecule has 3 rings (SSSR count). The number of rotatable bonds is 3. The van der Waals surface area contributed by atoms with Crippen molar-refractivity contribution in [3.05, 3.63) is 52.3 Å². The van der Waals surface area contributed by atoms with E-state index in [-0.39, 0.29) is 0 Å². The van der Waals surface area contributed by atoms with Crippen molar-refractivity contribution in [1.29, 1.82) is 0 Å². The van der Waals surface area contributed by atoms with E-state index in [0.717, 1.165) is 22.5 Å². The van der Waals surface area contributed by atoms with Crippen LogP contribution in [0.5, 0.6) is 5.75 Å². The second-order valence-corrected chi connectivity index (χ2v) is 5.58. The number of ether oxygens (including phenoxy) is 1. The number of aryl methyl sites for hydroxylation is 2. The van der Waals surface area contributed by atoms with E-state index < -0.39 is 0 Å². The summed E-state index contributed by atoms with van der Waals surface area (Å²) in [6, 6.07) is 12.5. The van der Waals surface area contributed by atoms with Gasteiger partial charge in [0.1, 0.15) is 11.3 Å². The van der Waals surface area contributed by atoms with Crippen molar-refractivity contribution in [2.75, 3.05) is 6.61 Å². The molecule has 0 amide bonds. The van der Waals surface area contributed by atoms with E-state index in [1.165, 1.54) is 11.1 Å². The molecule has 0 fully saturated rings. The lowest BCUT2D eigenvalue weighted by molar-refractivity contribution is 0.343. The quantitative estimate of drug-likeness (QED) is 0.710. The number of nitrogens with one attached hydrogen (secondary N) is 1. The average Bonchev–Trinajstić information content (AvgIpc) is 2.75. The molecule has 4 heteroatoms. The van der Waals surface area contributed by atoms with Crippen molar-refractivity contribution < 1.29 is 4.74 Å². The average molecular weight is 298 g/mol. The fourth-order valence-electron chi connectivity index (χ4n) is 2.72. The van der Waals surface area contributed by atoms with Crippen molar-refractivity contribution in [3.63, 3.8) is 0 Å². The van der Waals surface area contributed by atoms with Gasteiger partial charge >= 0.3 is 0 Å². The third kappa shape index (κ3) is 2.47. The van der Waals surface area contributed by atoms with Gasteiger partial charge in [0.15, 0.2) is 4.77 Å².